The minimum Gasteiger partial charge on any atom is -0.507 e. The molecule has 3 aromatic carbocycles. The van der Waals surface area contributed by atoms with Gasteiger partial charge in [0.25, 0.3) is 5.69 Å². The molecular weight excluding hydrogens is 412 g/mol. The molecule has 0 amide bonds. The summed E-state index contributed by atoms with van der Waals surface area (Å²) in [6.07, 6.45) is 2.63. The van der Waals surface area contributed by atoms with Crippen molar-refractivity contribution in [1.29, 1.82) is 0 Å². The zero-order valence-electron chi connectivity index (χ0n) is 17.2. The van der Waals surface area contributed by atoms with Gasteiger partial charge in [-0.2, -0.15) is 0 Å². The van der Waals surface area contributed by atoms with Crippen LogP contribution < -0.4 is 15.5 Å². The summed E-state index contributed by atoms with van der Waals surface area (Å²) < 4.78 is 11.5. The molecule has 0 aliphatic rings. The average molecular weight is 434 g/mol. The van der Waals surface area contributed by atoms with E-state index in [1.165, 1.54) is 18.2 Å². The number of hydrogen-bond acceptors (Lipinski definition) is 7. The van der Waals surface area contributed by atoms with Gasteiger partial charge in [0.1, 0.15) is 28.1 Å². The third-order valence-corrected chi connectivity index (χ3v) is 5.13. The van der Waals surface area contributed by atoms with E-state index in [0.29, 0.717) is 23.3 Å². The summed E-state index contributed by atoms with van der Waals surface area (Å²) in [5, 5.41) is 24.8. The molecule has 0 fully saturated rings. The van der Waals surface area contributed by atoms with Crippen LogP contribution in [0.15, 0.2) is 69.9 Å². The molecule has 1 heterocycles. The van der Waals surface area contributed by atoms with Crippen LogP contribution in [0.2, 0.25) is 0 Å². The Morgan fingerprint density at radius 1 is 1.00 bits per heavy atom. The quantitative estimate of drug-likeness (QED) is 0.161. The molecule has 0 radical (unpaired) electrons. The van der Waals surface area contributed by atoms with Crippen molar-refractivity contribution in [2.75, 3.05) is 18.5 Å². The molecular formula is C24H22N2O6. The van der Waals surface area contributed by atoms with E-state index in [-0.39, 0.29) is 27.8 Å². The molecule has 4 rings (SSSR count). The number of nitro benzene ring substituents is 1. The zero-order chi connectivity index (χ0) is 22.5. The van der Waals surface area contributed by atoms with Gasteiger partial charge in [0.15, 0.2) is 0 Å². The molecule has 8 heteroatoms. The van der Waals surface area contributed by atoms with E-state index in [2.05, 4.69) is 5.32 Å². The lowest BCUT2D eigenvalue weighted by Crippen LogP contribution is -2.04. The number of rotatable bonds is 9. The normalized spacial score (nSPS) is 11.0. The Hall–Kier alpha value is -4.07. The Morgan fingerprint density at radius 3 is 2.56 bits per heavy atom. The maximum absolute atomic E-state index is 12.6. The Labute approximate surface area is 183 Å². The van der Waals surface area contributed by atoms with Gasteiger partial charge in [-0.15, -0.1) is 0 Å². The van der Waals surface area contributed by atoms with Gasteiger partial charge in [0.05, 0.1) is 16.9 Å². The van der Waals surface area contributed by atoms with Crippen LogP contribution in [-0.2, 0) is 0 Å². The number of non-ortho nitro benzene ring substituents is 1. The number of fused-ring (bicyclic) bond motifs is 2. The first-order valence-electron chi connectivity index (χ1n) is 10.3. The van der Waals surface area contributed by atoms with Crippen LogP contribution in [0, 0.1) is 10.1 Å². The molecule has 164 valence electrons. The number of nitrogens with zero attached hydrogens (tertiary/aromatic N) is 1. The Bertz CT molecular complexity index is 1310. The molecule has 0 saturated carbocycles. The second kappa shape index (κ2) is 9.38. The van der Waals surface area contributed by atoms with Crippen LogP contribution in [0.3, 0.4) is 0 Å². The first-order valence-corrected chi connectivity index (χ1v) is 10.3. The summed E-state index contributed by atoms with van der Waals surface area (Å²) in [4.78, 5) is 22.9. The molecule has 0 bridgehead atoms. The van der Waals surface area contributed by atoms with Gasteiger partial charge >= 0.3 is 0 Å². The van der Waals surface area contributed by atoms with E-state index in [0.717, 1.165) is 31.5 Å². The fourth-order valence-electron chi connectivity index (χ4n) is 3.49. The van der Waals surface area contributed by atoms with Gasteiger partial charge in [-0.3, -0.25) is 14.9 Å². The van der Waals surface area contributed by atoms with Crippen LogP contribution >= 0.6 is 0 Å². The molecule has 1 aromatic heterocycles. The van der Waals surface area contributed by atoms with Crippen molar-refractivity contribution < 1.29 is 19.2 Å². The molecule has 32 heavy (non-hydrogen) atoms. The molecule has 0 unspecified atom stereocenters. The maximum Gasteiger partial charge on any atom is 0.269 e. The first-order chi connectivity index (χ1) is 15.5. The summed E-state index contributed by atoms with van der Waals surface area (Å²) in [6.45, 7) is 1.20. The molecule has 0 aliphatic carbocycles. The van der Waals surface area contributed by atoms with Gasteiger partial charge in [-0.1, -0.05) is 12.1 Å². The lowest BCUT2D eigenvalue weighted by atomic mass is 10.1. The summed E-state index contributed by atoms with van der Waals surface area (Å²) in [5.74, 6) is 0.279. The lowest BCUT2D eigenvalue weighted by Gasteiger charge is -2.09. The number of phenolic OH excluding ortho intramolecular Hbond substituents is 1. The monoisotopic (exact) mass is 434 g/mol. The average Bonchev–Trinajstić information content (AvgIpc) is 2.78. The van der Waals surface area contributed by atoms with Crippen molar-refractivity contribution in [2.24, 2.45) is 0 Å². The summed E-state index contributed by atoms with van der Waals surface area (Å²) in [5.41, 5.74) is 1.39. The van der Waals surface area contributed by atoms with Crippen LogP contribution in [0.4, 0.5) is 11.4 Å². The van der Waals surface area contributed by atoms with Crippen LogP contribution in [0.1, 0.15) is 19.3 Å². The Balaban J connectivity index is 1.28. The Kier molecular flexibility index (Phi) is 6.21. The van der Waals surface area contributed by atoms with Crippen LogP contribution in [0.25, 0.3) is 21.9 Å². The predicted octanol–water partition coefficient (Wildman–Crippen LogP) is 5.22. The smallest absolute Gasteiger partial charge is 0.269 e. The minimum absolute atomic E-state index is 0.0693. The molecule has 0 saturated heterocycles. The van der Waals surface area contributed by atoms with Crippen molar-refractivity contribution in [3.8, 4) is 11.5 Å². The summed E-state index contributed by atoms with van der Waals surface area (Å²) in [6, 6.07) is 16.3. The molecule has 8 nitrogen and oxygen atoms in total. The molecule has 0 atom stereocenters. The van der Waals surface area contributed by atoms with Gasteiger partial charge in [-0.05, 0) is 43.5 Å². The molecule has 2 N–H and O–H groups in total. The minimum atomic E-state index is -0.422. The van der Waals surface area contributed by atoms with Crippen molar-refractivity contribution in [2.45, 2.75) is 19.3 Å². The number of aromatic hydroxyl groups is 1. The Morgan fingerprint density at radius 2 is 1.78 bits per heavy atom. The highest BCUT2D eigenvalue weighted by Crippen LogP contribution is 2.30. The van der Waals surface area contributed by atoms with Crippen LogP contribution in [-0.4, -0.2) is 23.2 Å². The lowest BCUT2D eigenvalue weighted by molar-refractivity contribution is -0.384. The molecule has 4 aromatic rings. The molecule has 0 aliphatic heterocycles. The fraction of sp³-hybridized carbons (Fsp3) is 0.208. The SMILES string of the molecule is O=c1c2ccccc2oc2cc(OCCCCCNc3ccc([N+](=O)[O-])cc3)cc(O)c12. The number of benzene rings is 3. The van der Waals surface area contributed by atoms with Crippen molar-refractivity contribution >= 4 is 33.3 Å². The third-order valence-electron chi connectivity index (χ3n) is 5.13. The van der Waals surface area contributed by atoms with E-state index >= 15 is 0 Å². The number of hydrogen-bond donors (Lipinski definition) is 2. The van der Waals surface area contributed by atoms with Crippen molar-refractivity contribution in [1.82, 2.24) is 0 Å². The van der Waals surface area contributed by atoms with E-state index in [4.69, 9.17) is 9.15 Å². The topological polar surface area (TPSA) is 115 Å². The number of phenols is 1. The van der Waals surface area contributed by atoms with Gasteiger partial charge in [0.2, 0.25) is 5.43 Å². The number of nitro groups is 1. The summed E-state index contributed by atoms with van der Waals surface area (Å²) in [7, 11) is 0. The third kappa shape index (κ3) is 4.64. The number of nitrogens with one attached hydrogen (secondary N) is 1. The fourth-order valence-corrected chi connectivity index (χ4v) is 3.49. The zero-order valence-corrected chi connectivity index (χ0v) is 17.2. The largest absolute Gasteiger partial charge is 0.507 e. The van der Waals surface area contributed by atoms with Gasteiger partial charge in [0, 0.05) is 36.5 Å². The second-order valence-electron chi connectivity index (χ2n) is 7.38. The van der Waals surface area contributed by atoms with E-state index in [1.807, 2.05) is 0 Å². The number of ether oxygens (including phenoxy) is 1. The highest BCUT2D eigenvalue weighted by atomic mass is 16.6. The standard InChI is InChI=1S/C24H22N2O6/c27-20-14-18(15-22-23(20)24(28)19-6-2-3-7-21(19)32-22)31-13-5-1-4-12-25-16-8-10-17(11-9-16)26(29)30/h2-3,6-11,14-15,25,27H,1,4-5,12-13H2. The number of unbranched alkanes of at least 4 members (excludes halogenated alkanes) is 2. The van der Waals surface area contributed by atoms with Gasteiger partial charge < -0.3 is 19.6 Å². The molecule has 0 spiro atoms. The van der Waals surface area contributed by atoms with Crippen LogP contribution in [0.5, 0.6) is 11.5 Å². The van der Waals surface area contributed by atoms with E-state index < -0.39 is 4.92 Å². The first kappa shape index (κ1) is 21.2. The van der Waals surface area contributed by atoms with E-state index in [9.17, 15) is 20.0 Å². The second-order valence-corrected chi connectivity index (χ2v) is 7.38. The highest BCUT2D eigenvalue weighted by molar-refractivity contribution is 5.93. The highest BCUT2D eigenvalue weighted by Gasteiger charge is 2.13. The predicted molar refractivity (Wildman–Crippen MR) is 123 cm³/mol. The van der Waals surface area contributed by atoms with E-state index in [1.54, 1.807) is 42.5 Å². The summed E-state index contributed by atoms with van der Waals surface area (Å²) >= 11 is 0. The number of para-hydroxylation sites is 1. The number of anilines is 1. The maximum atomic E-state index is 12.6. The van der Waals surface area contributed by atoms with Crippen molar-refractivity contribution in [3.63, 3.8) is 0 Å². The van der Waals surface area contributed by atoms with Gasteiger partial charge in [-0.25, -0.2) is 0 Å². The van der Waals surface area contributed by atoms with Crippen molar-refractivity contribution in [3.05, 3.63) is 81.0 Å².